The first-order valence-corrected chi connectivity index (χ1v) is 12.7. The minimum Gasteiger partial charge on any atom is -0.478 e. The standard InChI is InChI=1S/C28H25NO7S/c1-29(2)37(34,35)25-13-3-18(4-14-25)17-36-28(33)23-12-6-19-5-11-22(15-24(19)16-23)26(30)20-7-9-21(10-8-20)27(31)32/h3-16,26,30H,17H2,1-2H3,(H,31,32). The summed E-state index contributed by atoms with van der Waals surface area (Å²) in [6, 6.07) is 22.6. The summed E-state index contributed by atoms with van der Waals surface area (Å²) in [7, 11) is -0.627. The van der Waals surface area contributed by atoms with Gasteiger partial charge in [0.1, 0.15) is 12.7 Å². The minimum absolute atomic E-state index is 0.0236. The largest absolute Gasteiger partial charge is 0.478 e. The van der Waals surface area contributed by atoms with Gasteiger partial charge in [0.15, 0.2) is 0 Å². The number of sulfonamides is 1. The Kier molecular flexibility index (Phi) is 7.40. The average Bonchev–Trinajstić information content (AvgIpc) is 2.90. The SMILES string of the molecule is CN(C)S(=O)(=O)c1ccc(COC(=O)c2ccc3ccc(C(O)c4ccc(C(=O)O)cc4)cc3c2)cc1. The highest BCUT2D eigenvalue weighted by atomic mass is 32.2. The number of carboxylic acid groups (broad SMARTS) is 1. The van der Waals surface area contributed by atoms with E-state index in [1.54, 1.807) is 54.6 Å². The molecule has 2 N–H and O–H groups in total. The number of benzene rings is 4. The van der Waals surface area contributed by atoms with E-state index in [0.717, 1.165) is 15.1 Å². The molecule has 0 aromatic heterocycles. The second-order valence-corrected chi connectivity index (χ2v) is 10.8. The Morgan fingerprint density at radius 2 is 1.41 bits per heavy atom. The molecule has 0 fully saturated rings. The van der Waals surface area contributed by atoms with Crippen LogP contribution in [0.3, 0.4) is 0 Å². The fraction of sp³-hybridized carbons (Fsp3) is 0.143. The zero-order valence-corrected chi connectivity index (χ0v) is 21.0. The Balaban J connectivity index is 1.48. The highest BCUT2D eigenvalue weighted by molar-refractivity contribution is 7.89. The molecule has 0 aliphatic carbocycles. The van der Waals surface area contributed by atoms with E-state index >= 15 is 0 Å². The number of nitrogens with zero attached hydrogens (tertiary/aromatic N) is 1. The Hall–Kier alpha value is -4.05. The Bertz CT molecular complexity index is 1560. The van der Waals surface area contributed by atoms with Crippen molar-refractivity contribution >= 4 is 32.7 Å². The van der Waals surface area contributed by atoms with E-state index in [9.17, 15) is 23.1 Å². The molecular weight excluding hydrogens is 494 g/mol. The number of ether oxygens (including phenoxy) is 1. The fourth-order valence-electron chi connectivity index (χ4n) is 3.76. The van der Waals surface area contributed by atoms with Crippen LogP contribution >= 0.6 is 0 Å². The van der Waals surface area contributed by atoms with Crippen LogP contribution in [0.2, 0.25) is 0 Å². The lowest BCUT2D eigenvalue weighted by molar-refractivity contribution is 0.0472. The predicted molar refractivity (Wildman–Crippen MR) is 138 cm³/mol. The van der Waals surface area contributed by atoms with Gasteiger partial charge in [-0.1, -0.05) is 42.5 Å². The molecule has 9 heteroatoms. The van der Waals surface area contributed by atoms with E-state index < -0.39 is 28.1 Å². The maximum Gasteiger partial charge on any atom is 0.338 e. The van der Waals surface area contributed by atoms with Gasteiger partial charge in [-0.25, -0.2) is 22.3 Å². The van der Waals surface area contributed by atoms with E-state index in [0.29, 0.717) is 22.3 Å². The van der Waals surface area contributed by atoms with Crippen molar-refractivity contribution in [3.8, 4) is 0 Å². The number of carbonyl (C=O) groups is 2. The topological polar surface area (TPSA) is 121 Å². The quantitative estimate of drug-likeness (QED) is 0.334. The van der Waals surface area contributed by atoms with Gasteiger partial charge in [0.05, 0.1) is 16.0 Å². The molecule has 1 atom stereocenters. The Labute approximate surface area is 214 Å². The van der Waals surface area contributed by atoms with Crippen molar-refractivity contribution in [1.82, 2.24) is 4.31 Å². The number of carboxylic acids is 1. The van der Waals surface area contributed by atoms with E-state index in [2.05, 4.69) is 0 Å². The first-order chi connectivity index (χ1) is 17.6. The van der Waals surface area contributed by atoms with Crippen LogP contribution in [0.4, 0.5) is 0 Å². The van der Waals surface area contributed by atoms with Crippen molar-refractivity contribution < 1.29 is 33.0 Å². The lowest BCUT2D eigenvalue weighted by Crippen LogP contribution is -2.22. The molecule has 4 aromatic rings. The second-order valence-electron chi connectivity index (χ2n) is 8.66. The van der Waals surface area contributed by atoms with Crippen molar-refractivity contribution in [1.29, 1.82) is 0 Å². The summed E-state index contributed by atoms with van der Waals surface area (Å²) >= 11 is 0. The number of aliphatic hydroxyl groups excluding tert-OH is 1. The first-order valence-electron chi connectivity index (χ1n) is 11.3. The van der Waals surface area contributed by atoms with Gasteiger partial charge in [-0.15, -0.1) is 0 Å². The van der Waals surface area contributed by atoms with Gasteiger partial charge in [0.2, 0.25) is 10.0 Å². The highest BCUT2D eigenvalue weighted by Gasteiger charge is 2.17. The number of esters is 1. The van der Waals surface area contributed by atoms with Crippen molar-refractivity contribution in [2.75, 3.05) is 14.1 Å². The molecule has 190 valence electrons. The van der Waals surface area contributed by atoms with Gasteiger partial charge >= 0.3 is 11.9 Å². The molecule has 4 aromatic carbocycles. The number of aliphatic hydroxyl groups is 1. The summed E-state index contributed by atoms with van der Waals surface area (Å²) in [5, 5.41) is 21.4. The van der Waals surface area contributed by atoms with Crippen LogP contribution in [-0.2, 0) is 21.4 Å². The van der Waals surface area contributed by atoms with Gasteiger partial charge in [0, 0.05) is 14.1 Å². The van der Waals surface area contributed by atoms with Gasteiger partial charge < -0.3 is 14.9 Å². The zero-order valence-electron chi connectivity index (χ0n) is 20.2. The van der Waals surface area contributed by atoms with Gasteiger partial charge in [-0.05, 0) is 69.9 Å². The first kappa shape index (κ1) is 26.0. The molecule has 0 amide bonds. The molecule has 0 bridgehead atoms. The number of hydrogen-bond acceptors (Lipinski definition) is 6. The monoisotopic (exact) mass is 519 g/mol. The van der Waals surface area contributed by atoms with Crippen LogP contribution in [0.25, 0.3) is 10.8 Å². The molecule has 0 aliphatic rings. The molecule has 1 unspecified atom stereocenters. The fourth-order valence-corrected chi connectivity index (χ4v) is 4.67. The molecule has 8 nitrogen and oxygen atoms in total. The summed E-state index contributed by atoms with van der Waals surface area (Å²) in [4.78, 5) is 23.9. The second kappa shape index (κ2) is 10.5. The third kappa shape index (κ3) is 5.69. The van der Waals surface area contributed by atoms with Crippen LogP contribution < -0.4 is 0 Å². The van der Waals surface area contributed by atoms with Crippen LogP contribution in [0, 0.1) is 0 Å². The minimum atomic E-state index is -3.54. The molecule has 0 heterocycles. The summed E-state index contributed by atoms with van der Waals surface area (Å²) < 4.78 is 30.9. The maximum atomic E-state index is 12.7. The smallest absolute Gasteiger partial charge is 0.338 e. The molecule has 0 saturated heterocycles. The molecule has 37 heavy (non-hydrogen) atoms. The van der Waals surface area contributed by atoms with Gasteiger partial charge in [-0.3, -0.25) is 0 Å². The highest BCUT2D eigenvalue weighted by Crippen LogP contribution is 2.27. The number of carbonyl (C=O) groups excluding carboxylic acids is 1. The van der Waals surface area contributed by atoms with E-state index in [4.69, 9.17) is 9.84 Å². The van der Waals surface area contributed by atoms with E-state index in [1.165, 1.54) is 38.4 Å². The normalized spacial score (nSPS) is 12.4. The number of fused-ring (bicyclic) bond motifs is 1. The van der Waals surface area contributed by atoms with E-state index in [-0.39, 0.29) is 17.1 Å². The van der Waals surface area contributed by atoms with Crippen molar-refractivity contribution in [3.63, 3.8) is 0 Å². The number of hydrogen-bond donors (Lipinski definition) is 2. The van der Waals surface area contributed by atoms with Crippen LogP contribution in [0.1, 0.15) is 43.5 Å². The summed E-state index contributed by atoms with van der Waals surface area (Å²) in [6.07, 6.45) is -0.970. The van der Waals surface area contributed by atoms with Crippen LogP contribution in [0.5, 0.6) is 0 Å². The summed E-state index contributed by atoms with van der Waals surface area (Å²) in [6.45, 7) is -0.0236. The summed E-state index contributed by atoms with van der Waals surface area (Å²) in [5.74, 6) is -1.58. The molecule has 0 saturated carbocycles. The zero-order chi connectivity index (χ0) is 26.7. The van der Waals surface area contributed by atoms with Crippen molar-refractivity contribution in [3.05, 3.63) is 113 Å². The molecule has 4 rings (SSSR count). The Morgan fingerprint density at radius 1 is 0.811 bits per heavy atom. The summed E-state index contributed by atoms with van der Waals surface area (Å²) in [5.41, 5.74) is 2.24. The molecular formula is C28H25NO7S. The van der Waals surface area contributed by atoms with Crippen LogP contribution in [-0.4, -0.2) is 49.0 Å². The number of aromatic carboxylic acids is 1. The lowest BCUT2D eigenvalue weighted by atomic mass is 9.97. The van der Waals surface area contributed by atoms with Crippen molar-refractivity contribution in [2.45, 2.75) is 17.6 Å². The molecule has 0 spiro atoms. The lowest BCUT2D eigenvalue weighted by Gasteiger charge is -2.13. The average molecular weight is 520 g/mol. The van der Waals surface area contributed by atoms with Crippen molar-refractivity contribution in [2.24, 2.45) is 0 Å². The predicted octanol–water partition coefficient (Wildman–Crippen LogP) is 4.23. The molecule has 0 radical (unpaired) electrons. The Morgan fingerprint density at radius 3 is 2.03 bits per heavy atom. The number of rotatable bonds is 8. The van der Waals surface area contributed by atoms with Gasteiger partial charge in [0.25, 0.3) is 0 Å². The third-order valence-corrected chi connectivity index (χ3v) is 7.79. The maximum absolute atomic E-state index is 12.7. The van der Waals surface area contributed by atoms with E-state index in [1.807, 2.05) is 6.07 Å². The third-order valence-electron chi connectivity index (χ3n) is 5.96. The van der Waals surface area contributed by atoms with Crippen LogP contribution in [0.15, 0.2) is 89.8 Å². The van der Waals surface area contributed by atoms with Gasteiger partial charge in [-0.2, -0.15) is 0 Å². The molecule has 0 aliphatic heterocycles.